The summed E-state index contributed by atoms with van der Waals surface area (Å²) in [7, 11) is 0. The van der Waals surface area contributed by atoms with Crippen LogP contribution in [0.4, 0.5) is 0 Å². The minimum atomic E-state index is -0.542. The molecule has 0 spiro atoms. The number of benzene rings is 3. The Kier molecular flexibility index (Phi) is 5.72. The Morgan fingerprint density at radius 1 is 0.967 bits per heavy atom. The number of aliphatic imine (C=N–C) groups is 1. The van der Waals surface area contributed by atoms with Gasteiger partial charge in [0.2, 0.25) is 5.90 Å². The number of rotatable bonds is 5. The molecule has 4 rings (SSSR count). The van der Waals surface area contributed by atoms with Crippen LogP contribution in [0.1, 0.15) is 21.5 Å². The number of carbonyl (C=O) groups excluding carboxylic acids is 2. The average molecular weight is 418 g/mol. The van der Waals surface area contributed by atoms with Crippen LogP contribution in [0.5, 0.6) is 5.75 Å². The second-order valence-electron chi connectivity index (χ2n) is 6.52. The molecule has 0 radical (unpaired) electrons. The molecule has 1 aliphatic heterocycles. The summed E-state index contributed by atoms with van der Waals surface area (Å²) in [6, 6.07) is 22.9. The van der Waals surface area contributed by atoms with Crippen molar-refractivity contribution >= 4 is 35.5 Å². The van der Waals surface area contributed by atoms with Crippen LogP contribution in [0.15, 0.2) is 89.6 Å². The first kappa shape index (κ1) is 19.6. The molecule has 0 saturated heterocycles. The Balaban J connectivity index is 1.55. The van der Waals surface area contributed by atoms with Crippen molar-refractivity contribution in [1.82, 2.24) is 0 Å². The van der Waals surface area contributed by atoms with E-state index in [2.05, 4.69) is 4.99 Å². The molecule has 1 heterocycles. The molecule has 0 saturated carbocycles. The molecule has 5 nitrogen and oxygen atoms in total. The Morgan fingerprint density at radius 2 is 1.67 bits per heavy atom. The molecule has 148 valence electrons. The van der Waals surface area contributed by atoms with Gasteiger partial charge >= 0.3 is 11.9 Å². The van der Waals surface area contributed by atoms with Gasteiger partial charge in [0.25, 0.3) is 0 Å². The Morgan fingerprint density at radius 3 is 2.43 bits per heavy atom. The standard InChI is InChI=1S/C24H16ClNO4/c25-19-12-10-17(11-13-19)23(27)29-21-9-5-4-8-18(21)15-20-24(28)30-22(26-20)14-16-6-2-1-3-7-16/h1-13,15H,14H2/b20-15+. The fourth-order valence-corrected chi connectivity index (χ4v) is 3.01. The van der Waals surface area contributed by atoms with Crippen molar-refractivity contribution in [3.8, 4) is 5.75 Å². The number of hydrogen-bond acceptors (Lipinski definition) is 5. The summed E-state index contributed by atoms with van der Waals surface area (Å²) in [4.78, 5) is 29.0. The van der Waals surface area contributed by atoms with Crippen molar-refractivity contribution < 1.29 is 19.1 Å². The van der Waals surface area contributed by atoms with Gasteiger partial charge in [0.1, 0.15) is 5.75 Å². The van der Waals surface area contributed by atoms with E-state index in [0.29, 0.717) is 34.2 Å². The van der Waals surface area contributed by atoms with Crippen LogP contribution in [0.3, 0.4) is 0 Å². The number of para-hydroxylation sites is 1. The molecular formula is C24H16ClNO4. The van der Waals surface area contributed by atoms with E-state index in [4.69, 9.17) is 21.1 Å². The highest BCUT2D eigenvalue weighted by Crippen LogP contribution is 2.25. The minimum Gasteiger partial charge on any atom is -0.422 e. The van der Waals surface area contributed by atoms with E-state index >= 15 is 0 Å². The minimum absolute atomic E-state index is 0.149. The van der Waals surface area contributed by atoms with E-state index in [1.54, 1.807) is 54.6 Å². The SMILES string of the molecule is O=C1OC(Cc2ccccc2)=N/C1=C/c1ccccc1OC(=O)c1ccc(Cl)cc1. The lowest BCUT2D eigenvalue weighted by molar-refractivity contribution is -0.130. The highest BCUT2D eigenvalue weighted by Gasteiger charge is 2.23. The molecule has 30 heavy (non-hydrogen) atoms. The van der Waals surface area contributed by atoms with E-state index in [9.17, 15) is 9.59 Å². The van der Waals surface area contributed by atoms with E-state index in [1.165, 1.54) is 0 Å². The molecule has 0 aromatic heterocycles. The zero-order valence-electron chi connectivity index (χ0n) is 15.7. The van der Waals surface area contributed by atoms with Crippen molar-refractivity contribution in [1.29, 1.82) is 0 Å². The monoisotopic (exact) mass is 417 g/mol. The van der Waals surface area contributed by atoms with Crippen molar-refractivity contribution in [3.05, 3.63) is 106 Å². The summed E-state index contributed by atoms with van der Waals surface area (Å²) < 4.78 is 10.8. The van der Waals surface area contributed by atoms with E-state index < -0.39 is 11.9 Å². The second kappa shape index (κ2) is 8.76. The van der Waals surface area contributed by atoms with Crippen molar-refractivity contribution in [2.24, 2.45) is 4.99 Å². The summed E-state index contributed by atoms with van der Waals surface area (Å²) in [6.07, 6.45) is 1.96. The molecule has 0 N–H and O–H groups in total. The molecule has 6 heteroatoms. The lowest BCUT2D eigenvalue weighted by Crippen LogP contribution is -2.09. The van der Waals surface area contributed by atoms with E-state index in [0.717, 1.165) is 5.56 Å². The smallest absolute Gasteiger partial charge is 0.363 e. The molecule has 3 aromatic carbocycles. The Hall–Kier alpha value is -3.70. The lowest BCUT2D eigenvalue weighted by atomic mass is 10.1. The number of nitrogens with zero attached hydrogens (tertiary/aromatic N) is 1. The lowest BCUT2D eigenvalue weighted by Gasteiger charge is -2.07. The maximum absolute atomic E-state index is 12.4. The number of cyclic esters (lactones) is 1. The molecule has 3 aromatic rings. The molecule has 0 unspecified atom stereocenters. The number of ether oxygens (including phenoxy) is 2. The molecule has 0 aliphatic carbocycles. The molecule has 0 atom stereocenters. The van der Waals surface area contributed by atoms with Crippen LogP contribution < -0.4 is 4.74 Å². The zero-order chi connectivity index (χ0) is 20.9. The molecular weight excluding hydrogens is 402 g/mol. The highest BCUT2D eigenvalue weighted by atomic mass is 35.5. The predicted octanol–water partition coefficient (Wildman–Crippen LogP) is 5.10. The summed E-state index contributed by atoms with van der Waals surface area (Å²) in [5.41, 5.74) is 2.04. The molecule has 0 fully saturated rings. The average Bonchev–Trinajstić information content (AvgIpc) is 3.09. The van der Waals surface area contributed by atoms with E-state index in [1.807, 2.05) is 30.3 Å². The van der Waals surface area contributed by atoms with Gasteiger partial charge in [-0.25, -0.2) is 14.6 Å². The fraction of sp³-hybridized carbons (Fsp3) is 0.0417. The third kappa shape index (κ3) is 4.64. The predicted molar refractivity (Wildman–Crippen MR) is 115 cm³/mol. The summed E-state index contributed by atoms with van der Waals surface area (Å²) in [5.74, 6) is -0.433. The van der Waals surface area contributed by atoms with Gasteiger partial charge in [-0.15, -0.1) is 0 Å². The van der Waals surface area contributed by atoms with Crippen molar-refractivity contribution in [2.45, 2.75) is 6.42 Å². The van der Waals surface area contributed by atoms with Crippen LogP contribution in [0.25, 0.3) is 6.08 Å². The van der Waals surface area contributed by atoms with Crippen LogP contribution in [0.2, 0.25) is 5.02 Å². The number of carbonyl (C=O) groups is 2. The van der Waals surface area contributed by atoms with Gasteiger partial charge in [0, 0.05) is 17.0 Å². The van der Waals surface area contributed by atoms with Gasteiger partial charge in [0.15, 0.2) is 5.70 Å². The second-order valence-corrected chi connectivity index (χ2v) is 6.96. The van der Waals surface area contributed by atoms with Gasteiger partial charge in [-0.05, 0) is 42.0 Å². The van der Waals surface area contributed by atoms with Crippen LogP contribution in [-0.4, -0.2) is 17.8 Å². The van der Waals surface area contributed by atoms with E-state index in [-0.39, 0.29) is 5.70 Å². The van der Waals surface area contributed by atoms with Gasteiger partial charge in [-0.2, -0.15) is 0 Å². The zero-order valence-corrected chi connectivity index (χ0v) is 16.5. The normalized spacial score (nSPS) is 14.4. The number of halogens is 1. The first-order valence-electron chi connectivity index (χ1n) is 9.20. The molecule has 0 amide bonds. The van der Waals surface area contributed by atoms with Gasteiger partial charge in [-0.3, -0.25) is 0 Å². The maximum Gasteiger partial charge on any atom is 0.363 e. The van der Waals surface area contributed by atoms with Crippen molar-refractivity contribution in [2.75, 3.05) is 0 Å². The number of esters is 2. The largest absolute Gasteiger partial charge is 0.422 e. The Bertz CT molecular complexity index is 1150. The number of hydrogen-bond donors (Lipinski definition) is 0. The van der Waals surface area contributed by atoms with Gasteiger partial charge < -0.3 is 9.47 Å². The first-order chi connectivity index (χ1) is 14.6. The topological polar surface area (TPSA) is 65.0 Å². The van der Waals surface area contributed by atoms with Crippen LogP contribution >= 0.6 is 11.6 Å². The summed E-state index contributed by atoms with van der Waals surface area (Å²) in [5, 5.41) is 0.528. The molecule has 0 bridgehead atoms. The Labute approximate surface area is 178 Å². The highest BCUT2D eigenvalue weighted by molar-refractivity contribution is 6.30. The van der Waals surface area contributed by atoms with Gasteiger partial charge in [0.05, 0.1) is 5.56 Å². The third-order valence-corrected chi connectivity index (χ3v) is 4.61. The van der Waals surface area contributed by atoms with Crippen LogP contribution in [0, 0.1) is 0 Å². The first-order valence-corrected chi connectivity index (χ1v) is 9.58. The van der Waals surface area contributed by atoms with Gasteiger partial charge in [-0.1, -0.05) is 60.1 Å². The quantitative estimate of drug-likeness (QED) is 0.329. The summed E-state index contributed by atoms with van der Waals surface area (Å²) >= 11 is 5.86. The van der Waals surface area contributed by atoms with Crippen LogP contribution in [-0.2, 0) is 16.0 Å². The van der Waals surface area contributed by atoms with Crippen molar-refractivity contribution in [3.63, 3.8) is 0 Å². The third-order valence-electron chi connectivity index (χ3n) is 4.36. The summed E-state index contributed by atoms with van der Waals surface area (Å²) in [6.45, 7) is 0. The molecule has 1 aliphatic rings. The fourth-order valence-electron chi connectivity index (χ4n) is 2.88. The maximum atomic E-state index is 12.4.